The maximum Gasteiger partial charge on any atom is 0.241 e. The lowest BCUT2D eigenvalue weighted by Gasteiger charge is -2.32. The normalized spacial score (nSPS) is 21.5. The van der Waals surface area contributed by atoms with Gasteiger partial charge in [0.15, 0.2) is 0 Å². The number of carbonyl (C=O) groups is 1. The van der Waals surface area contributed by atoms with Crippen LogP contribution in [-0.2, 0) is 4.79 Å². The maximum atomic E-state index is 13.3. The van der Waals surface area contributed by atoms with E-state index in [0.717, 1.165) is 43.6 Å². The molecule has 1 aromatic heterocycles. The largest absolute Gasteiger partial charge is 0.339 e. The van der Waals surface area contributed by atoms with E-state index in [1.165, 1.54) is 17.0 Å². The van der Waals surface area contributed by atoms with Crippen LogP contribution in [0.25, 0.3) is 11.4 Å². The Bertz CT molecular complexity index is 1120. The first kappa shape index (κ1) is 22.1. The number of para-hydroxylation sites is 1. The number of anilines is 1. The molecule has 3 heterocycles. The molecule has 33 heavy (non-hydrogen) atoms. The Labute approximate surface area is 197 Å². The summed E-state index contributed by atoms with van der Waals surface area (Å²) in [4.78, 5) is 23.2. The van der Waals surface area contributed by atoms with Crippen molar-refractivity contribution in [2.24, 2.45) is 0 Å². The average Bonchev–Trinajstić information content (AvgIpc) is 3.24. The number of halogens is 1. The lowest BCUT2D eigenvalue weighted by Crippen LogP contribution is -2.44. The summed E-state index contributed by atoms with van der Waals surface area (Å²) in [5.41, 5.74) is 1.74. The molecule has 2 aliphatic rings. The molecule has 0 saturated carbocycles. The highest BCUT2D eigenvalue weighted by Crippen LogP contribution is 2.37. The second-order valence-electron chi connectivity index (χ2n) is 8.77. The highest BCUT2D eigenvalue weighted by Gasteiger charge is 2.30. The van der Waals surface area contributed by atoms with Gasteiger partial charge in [-0.1, -0.05) is 24.2 Å². The number of aromatic nitrogens is 2. The quantitative estimate of drug-likeness (QED) is 0.541. The highest BCUT2D eigenvalue weighted by molar-refractivity contribution is 8.00. The first-order valence-corrected chi connectivity index (χ1v) is 12.3. The SMILES string of the molecule is CC1CCN(C(=O)CN2CCCC(c3nc(-c4ccc(F)cc4)no3)C2)c2ccccc2S1. The molecule has 2 unspecified atom stereocenters. The van der Waals surface area contributed by atoms with E-state index in [1.807, 2.05) is 34.9 Å². The van der Waals surface area contributed by atoms with Crippen molar-refractivity contribution in [2.75, 3.05) is 31.1 Å². The first-order valence-electron chi connectivity index (χ1n) is 11.4. The molecule has 6 nitrogen and oxygen atoms in total. The Morgan fingerprint density at radius 3 is 2.82 bits per heavy atom. The molecule has 0 bridgehead atoms. The molecule has 1 amide bonds. The van der Waals surface area contributed by atoms with Crippen LogP contribution in [-0.4, -0.2) is 52.4 Å². The fraction of sp³-hybridized carbons (Fsp3) is 0.400. The standard InChI is InChI=1S/C25H27FN4O2S/c1-17-12-14-30(21-6-2-3-7-22(21)33-17)23(31)16-29-13-4-5-19(15-29)25-27-24(28-32-25)18-8-10-20(26)11-9-18/h2-3,6-11,17,19H,4-5,12-16H2,1H3. The summed E-state index contributed by atoms with van der Waals surface area (Å²) < 4.78 is 18.8. The van der Waals surface area contributed by atoms with Crippen LogP contribution in [0.4, 0.5) is 10.1 Å². The molecule has 1 fully saturated rings. The smallest absolute Gasteiger partial charge is 0.241 e. The van der Waals surface area contributed by atoms with Gasteiger partial charge in [-0.2, -0.15) is 4.98 Å². The van der Waals surface area contributed by atoms with E-state index in [-0.39, 0.29) is 17.6 Å². The number of piperidine rings is 1. The van der Waals surface area contributed by atoms with Gasteiger partial charge in [0, 0.05) is 28.8 Å². The minimum absolute atomic E-state index is 0.0836. The summed E-state index contributed by atoms with van der Waals surface area (Å²) in [6.45, 7) is 4.92. The minimum atomic E-state index is -0.296. The number of carbonyl (C=O) groups excluding carboxylic acids is 1. The predicted molar refractivity (Wildman–Crippen MR) is 127 cm³/mol. The Kier molecular flexibility index (Phi) is 6.46. The summed E-state index contributed by atoms with van der Waals surface area (Å²) in [5.74, 6) is 0.966. The van der Waals surface area contributed by atoms with Crippen LogP contribution < -0.4 is 4.90 Å². The second-order valence-corrected chi connectivity index (χ2v) is 10.2. The zero-order valence-corrected chi connectivity index (χ0v) is 19.4. The Morgan fingerprint density at radius 1 is 1.15 bits per heavy atom. The average molecular weight is 467 g/mol. The number of fused-ring (bicyclic) bond motifs is 1. The number of hydrogen-bond acceptors (Lipinski definition) is 6. The molecule has 0 radical (unpaired) electrons. The number of likely N-dealkylation sites (tertiary alicyclic amines) is 1. The lowest BCUT2D eigenvalue weighted by molar-refractivity contribution is -0.120. The molecule has 2 aromatic carbocycles. The van der Waals surface area contributed by atoms with Crippen molar-refractivity contribution in [1.82, 2.24) is 15.0 Å². The highest BCUT2D eigenvalue weighted by atomic mass is 32.2. The summed E-state index contributed by atoms with van der Waals surface area (Å²) in [7, 11) is 0. The van der Waals surface area contributed by atoms with Crippen molar-refractivity contribution in [3.8, 4) is 11.4 Å². The molecule has 0 spiro atoms. The van der Waals surface area contributed by atoms with Gasteiger partial charge in [-0.25, -0.2) is 4.39 Å². The van der Waals surface area contributed by atoms with Gasteiger partial charge in [-0.15, -0.1) is 11.8 Å². The summed E-state index contributed by atoms with van der Waals surface area (Å²) in [6.07, 6.45) is 2.88. The second kappa shape index (κ2) is 9.65. The van der Waals surface area contributed by atoms with Crippen LogP contribution in [0.2, 0.25) is 0 Å². The molecule has 5 rings (SSSR count). The Morgan fingerprint density at radius 2 is 1.97 bits per heavy atom. The van der Waals surface area contributed by atoms with E-state index in [2.05, 4.69) is 28.0 Å². The molecule has 8 heteroatoms. The fourth-order valence-corrected chi connectivity index (χ4v) is 5.65. The van der Waals surface area contributed by atoms with Crippen molar-refractivity contribution >= 4 is 23.4 Å². The van der Waals surface area contributed by atoms with Gasteiger partial charge in [0.25, 0.3) is 0 Å². The zero-order valence-electron chi connectivity index (χ0n) is 18.6. The van der Waals surface area contributed by atoms with Crippen LogP contribution in [0.5, 0.6) is 0 Å². The van der Waals surface area contributed by atoms with Crippen LogP contribution >= 0.6 is 11.8 Å². The maximum absolute atomic E-state index is 13.3. The van der Waals surface area contributed by atoms with Crippen molar-refractivity contribution in [3.05, 3.63) is 60.2 Å². The van der Waals surface area contributed by atoms with Crippen LogP contribution in [0.1, 0.15) is 38.0 Å². The first-order chi connectivity index (χ1) is 16.1. The zero-order chi connectivity index (χ0) is 22.8. The third-order valence-corrected chi connectivity index (χ3v) is 7.54. The van der Waals surface area contributed by atoms with Crippen LogP contribution in [0.3, 0.4) is 0 Å². The van der Waals surface area contributed by atoms with Gasteiger partial charge in [-0.05, 0) is 62.2 Å². The van der Waals surface area contributed by atoms with Crippen molar-refractivity contribution < 1.29 is 13.7 Å². The number of thioether (sulfide) groups is 1. The molecule has 2 aliphatic heterocycles. The number of benzene rings is 2. The summed E-state index contributed by atoms with van der Waals surface area (Å²) in [5, 5.41) is 4.57. The van der Waals surface area contributed by atoms with E-state index in [9.17, 15) is 9.18 Å². The lowest BCUT2D eigenvalue weighted by atomic mass is 9.98. The number of rotatable bonds is 4. The van der Waals surface area contributed by atoms with Crippen molar-refractivity contribution in [1.29, 1.82) is 0 Å². The van der Waals surface area contributed by atoms with Gasteiger partial charge >= 0.3 is 0 Å². The third-order valence-electron chi connectivity index (χ3n) is 6.30. The predicted octanol–water partition coefficient (Wildman–Crippen LogP) is 4.97. The molecule has 2 atom stereocenters. The van der Waals surface area contributed by atoms with Crippen molar-refractivity contribution in [2.45, 2.75) is 42.2 Å². The third kappa shape index (κ3) is 4.96. The van der Waals surface area contributed by atoms with Crippen LogP contribution in [0, 0.1) is 5.82 Å². The Balaban J connectivity index is 1.26. The van der Waals surface area contributed by atoms with Gasteiger partial charge < -0.3 is 9.42 Å². The van der Waals surface area contributed by atoms with E-state index in [4.69, 9.17) is 4.52 Å². The minimum Gasteiger partial charge on any atom is -0.339 e. The number of nitrogens with zero attached hydrogens (tertiary/aromatic N) is 4. The molecule has 0 aliphatic carbocycles. The molecule has 3 aromatic rings. The van der Waals surface area contributed by atoms with Gasteiger partial charge in [-0.3, -0.25) is 9.69 Å². The summed E-state index contributed by atoms with van der Waals surface area (Å²) >= 11 is 1.84. The summed E-state index contributed by atoms with van der Waals surface area (Å²) in [6, 6.07) is 14.3. The topological polar surface area (TPSA) is 62.5 Å². The molecular formula is C25H27FN4O2S. The molecule has 0 N–H and O–H groups in total. The van der Waals surface area contributed by atoms with Crippen LogP contribution in [0.15, 0.2) is 57.9 Å². The van der Waals surface area contributed by atoms with E-state index in [1.54, 1.807) is 12.1 Å². The Hall–Kier alpha value is -2.71. The molecule has 1 saturated heterocycles. The molecule has 172 valence electrons. The van der Waals surface area contributed by atoms with Gasteiger partial charge in [0.05, 0.1) is 18.2 Å². The number of amides is 1. The van der Waals surface area contributed by atoms with E-state index >= 15 is 0 Å². The van der Waals surface area contributed by atoms with E-state index in [0.29, 0.717) is 30.1 Å². The monoisotopic (exact) mass is 466 g/mol. The number of hydrogen-bond donors (Lipinski definition) is 0. The fourth-order valence-electron chi connectivity index (χ4n) is 4.54. The molecular weight excluding hydrogens is 439 g/mol. The van der Waals surface area contributed by atoms with Crippen molar-refractivity contribution in [3.63, 3.8) is 0 Å². The van der Waals surface area contributed by atoms with E-state index < -0.39 is 0 Å². The van der Waals surface area contributed by atoms with Gasteiger partial charge in [0.1, 0.15) is 5.82 Å². The van der Waals surface area contributed by atoms with Gasteiger partial charge in [0.2, 0.25) is 17.6 Å².